The molecule has 0 amide bonds. The monoisotopic (exact) mass is 299 g/mol. The molecule has 0 aromatic carbocycles. The van der Waals surface area contributed by atoms with Gasteiger partial charge in [0.15, 0.2) is 0 Å². The van der Waals surface area contributed by atoms with Crippen LogP contribution < -0.4 is 5.56 Å². The molecule has 0 bridgehead atoms. The number of hydrogen-bond acceptors (Lipinski definition) is 6. The van der Waals surface area contributed by atoms with Crippen LogP contribution in [0.3, 0.4) is 0 Å². The minimum atomic E-state index is -0.370. The van der Waals surface area contributed by atoms with Crippen LogP contribution in [0.25, 0.3) is 4.96 Å². The van der Waals surface area contributed by atoms with Gasteiger partial charge in [0.2, 0.25) is 4.96 Å². The molecule has 104 valence electrons. The van der Waals surface area contributed by atoms with Gasteiger partial charge in [0.05, 0.1) is 11.8 Å². The highest BCUT2D eigenvalue weighted by atomic mass is 32.2. The van der Waals surface area contributed by atoms with Crippen molar-refractivity contribution >= 4 is 28.1 Å². The summed E-state index contributed by atoms with van der Waals surface area (Å²) >= 11 is 3.04. The first-order valence-electron chi connectivity index (χ1n) is 6.19. The zero-order chi connectivity index (χ0) is 14.0. The summed E-state index contributed by atoms with van der Waals surface area (Å²) in [5, 5.41) is 14.7. The van der Waals surface area contributed by atoms with Crippen LogP contribution in [0, 0.1) is 0 Å². The lowest BCUT2D eigenvalue weighted by atomic mass is 10.3. The highest BCUT2D eigenvalue weighted by Crippen LogP contribution is 2.19. The summed E-state index contributed by atoms with van der Waals surface area (Å²) in [7, 11) is 0. The number of hydrogen-bond donors (Lipinski definition) is 1. The van der Waals surface area contributed by atoms with E-state index in [1.165, 1.54) is 21.9 Å². The molecular weight excluding hydrogens is 282 g/mol. The minimum absolute atomic E-state index is 0.118. The fourth-order valence-electron chi connectivity index (χ4n) is 1.47. The number of aryl methyl sites for hydroxylation is 1. The Hall–Kier alpha value is -0.920. The minimum Gasteiger partial charge on any atom is -0.392 e. The topological polar surface area (TPSA) is 67.5 Å². The molecule has 5 nitrogen and oxygen atoms in total. The van der Waals surface area contributed by atoms with Gasteiger partial charge >= 0.3 is 0 Å². The van der Waals surface area contributed by atoms with Crippen molar-refractivity contribution in [3.63, 3.8) is 0 Å². The van der Waals surface area contributed by atoms with Crippen molar-refractivity contribution in [1.82, 2.24) is 14.6 Å². The van der Waals surface area contributed by atoms with Crippen LogP contribution in [-0.4, -0.2) is 31.1 Å². The summed E-state index contributed by atoms with van der Waals surface area (Å²) in [5.74, 6) is 0.622. The molecule has 2 aromatic heterocycles. The largest absolute Gasteiger partial charge is 0.392 e. The smallest absolute Gasteiger partial charge is 0.275 e. The van der Waals surface area contributed by atoms with Crippen LogP contribution in [0.4, 0.5) is 0 Å². The summed E-state index contributed by atoms with van der Waals surface area (Å²) < 4.78 is 1.36. The maximum Gasteiger partial charge on any atom is 0.275 e. The molecule has 19 heavy (non-hydrogen) atoms. The predicted molar refractivity (Wildman–Crippen MR) is 78.9 cm³/mol. The highest BCUT2D eigenvalue weighted by Gasteiger charge is 2.12. The summed E-state index contributed by atoms with van der Waals surface area (Å²) in [6.07, 6.45) is 0.432. The van der Waals surface area contributed by atoms with Crippen molar-refractivity contribution in [3.05, 3.63) is 27.1 Å². The van der Waals surface area contributed by atoms with E-state index in [4.69, 9.17) is 0 Å². The average molecular weight is 299 g/mol. The second-order valence-corrected chi connectivity index (χ2v) is 6.79. The Morgan fingerprint density at radius 1 is 1.53 bits per heavy atom. The van der Waals surface area contributed by atoms with Gasteiger partial charge in [-0.05, 0) is 13.3 Å². The predicted octanol–water partition coefficient (Wildman–Crippen LogP) is 1.72. The number of rotatable bonds is 5. The van der Waals surface area contributed by atoms with Gasteiger partial charge in [0.25, 0.3) is 5.56 Å². The first kappa shape index (κ1) is 14.5. The molecule has 2 heterocycles. The van der Waals surface area contributed by atoms with Gasteiger partial charge in [-0.15, -0.1) is 11.8 Å². The third-order valence-corrected chi connectivity index (χ3v) is 5.25. The Bertz CT molecular complexity index is 621. The first-order chi connectivity index (χ1) is 9.01. The zero-order valence-electron chi connectivity index (χ0n) is 11.2. The third-order valence-electron chi connectivity index (χ3n) is 2.82. The van der Waals surface area contributed by atoms with E-state index < -0.39 is 0 Å². The average Bonchev–Trinajstić information content (AvgIpc) is 2.79. The summed E-state index contributed by atoms with van der Waals surface area (Å²) in [5.41, 5.74) is 0.607. The fraction of sp³-hybridized carbons (Fsp3) is 0.583. The number of aliphatic hydroxyl groups is 1. The quantitative estimate of drug-likeness (QED) is 0.910. The van der Waals surface area contributed by atoms with Crippen LogP contribution >= 0.6 is 23.1 Å². The number of fused-ring (bicyclic) bond motifs is 1. The lowest BCUT2D eigenvalue weighted by Gasteiger charge is -2.13. The van der Waals surface area contributed by atoms with Gasteiger partial charge < -0.3 is 5.11 Å². The molecule has 0 saturated carbocycles. The summed E-state index contributed by atoms with van der Waals surface area (Å²) in [6, 6.07) is 1.52. The van der Waals surface area contributed by atoms with E-state index in [0.29, 0.717) is 10.7 Å². The molecule has 7 heteroatoms. The van der Waals surface area contributed by atoms with Gasteiger partial charge in [-0.25, -0.2) is 4.98 Å². The van der Waals surface area contributed by atoms with Crippen molar-refractivity contribution in [3.8, 4) is 0 Å². The molecule has 0 saturated heterocycles. The van der Waals surface area contributed by atoms with Crippen molar-refractivity contribution in [2.45, 2.75) is 44.3 Å². The van der Waals surface area contributed by atoms with E-state index >= 15 is 0 Å². The molecule has 2 atom stereocenters. The molecule has 2 rings (SSSR count). The van der Waals surface area contributed by atoms with Crippen molar-refractivity contribution in [2.24, 2.45) is 0 Å². The Labute approximate surface area is 119 Å². The molecule has 0 radical (unpaired) electrons. The lowest BCUT2D eigenvalue weighted by Crippen LogP contribution is -2.17. The third kappa shape index (κ3) is 3.34. The molecule has 0 aliphatic carbocycles. The Kier molecular flexibility index (Phi) is 4.59. The zero-order valence-corrected chi connectivity index (χ0v) is 12.8. The van der Waals surface area contributed by atoms with Gasteiger partial charge in [-0.3, -0.25) is 4.79 Å². The van der Waals surface area contributed by atoms with E-state index in [1.54, 1.807) is 18.7 Å². The maximum absolute atomic E-state index is 11.9. The Morgan fingerprint density at radius 3 is 2.89 bits per heavy atom. The van der Waals surface area contributed by atoms with Crippen LogP contribution in [-0.2, 0) is 12.2 Å². The molecule has 0 aliphatic heterocycles. The molecule has 0 fully saturated rings. The summed E-state index contributed by atoms with van der Waals surface area (Å²) in [6.45, 7) is 5.73. The van der Waals surface area contributed by atoms with E-state index in [0.717, 1.165) is 17.1 Å². The maximum atomic E-state index is 11.9. The van der Waals surface area contributed by atoms with Crippen molar-refractivity contribution in [1.29, 1.82) is 0 Å². The van der Waals surface area contributed by atoms with E-state index in [2.05, 4.69) is 10.1 Å². The van der Waals surface area contributed by atoms with Crippen LogP contribution in [0.5, 0.6) is 0 Å². The number of aliphatic hydroxyl groups excluding tert-OH is 1. The second-order valence-electron chi connectivity index (χ2n) is 4.39. The van der Waals surface area contributed by atoms with E-state index in [-0.39, 0.29) is 16.9 Å². The van der Waals surface area contributed by atoms with Crippen LogP contribution in [0.1, 0.15) is 31.5 Å². The number of thioether (sulfide) groups is 1. The van der Waals surface area contributed by atoms with E-state index in [9.17, 15) is 9.90 Å². The van der Waals surface area contributed by atoms with Crippen molar-refractivity contribution < 1.29 is 5.11 Å². The molecular formula is C12H17N3O2S2. The van der Waals surface area contributed by atoms with Crippen LogP contribution in [0.2, 0.25) is 0 Å². The molecule has 0 spiro atoms. The number of aromatic nitrogens is 3. The Morgan fingerprint density at radius 2 is 2.26 bits per heavy atom. The van der Waals surface area contributed by atoms with E-state index in [1.807, 2.05) is 13.8 Å². The molecule has 2 unspecified atom stereocenters. The van der Waals surface area contributed by atoms with Gasteiger partial charge in [0, 0.05) is 17.1 Å². The van der Waals surface area contributed by atoms with Crippen LogP contribution in [0.15, 0.2) is 10.9 Å². The lowest BCUT2D eigenvalue weighted by molar-refractivity contribution is 0.196. The Balaban J connectivity index is 2.23. The highest BCUT2D eigenvalue weighted by molar-refractivity contribution is 7.99. The summed E-state index contributed by atoms with van der Waals surface area (Å²) in [4.78, 5) is 17.0. The normalized spacial score (nSPS) is 14.7. The molecule has 1 N–H and O–H groups in total. The van der Waals surface area contributed by atoms with Gasteiger partial charge in [-0.1, -0.05) is 25.2 Å². The fourth-order valence-corrected chi connectivity index (χ4v) is 3.19. The van der Waals surface area contributed by atoms with Gasteiger partial charge in [-0.2, -0.15) is 9.61 Å². The first-order valence-corrected chi connectivity index (χ1v) is 8.06. The number of nitrogens with zero attached hydrogens (tertiary/aromatic N) is 3. The molecule has 2 aromatic rings. The van der Waals surface area contributed by atoms with Crippen molar-refractivity contribution in [2.75, 3.05) is 0 Å². The second kappa shape index (κ2) is 6.02. The standard InChI is InChI=1S/C12H17N3O2S2/c1-4-10-14-15-11(17)5-9(13-12(15)19-10)6-18-8(3)7(2)16/h5,7-8,16H,4,6H2,1-3H3. The molecule has 0 aliphatic rings. The SMILES string of the molecule is CCc1nn2c(=O)cc(CSC(C)C(C)O)nc2s1. The van der Waals surface area contributed by atoms with Gasteiger partial charge in [0.1, 0.15) is 5.01 Å².